The molecule has 154 valence electrons. The van der Waals surface area contributed by atoms with Crippen LogP contribution in [0.1, 0.15) is 43.0 Å². The number of hydrogen-bond donors (Lipinski definition) is 0. The zero-order valence-corrected chi connectivity index (χ0v) is 17.3. The van der Waals surface area contributed by atoms with Gasteiger partial charge in [0.1, 0.15) is 5.69 Å². The molecule has 0 radical (unpaired) electrons. The molecule has 1 atom stereocenters. The summed E-state index contributed by atoms with van der Waals surface area (Å²) in [5.41, 5.74) is 2.17. The SMILES string of the molecule is C[C@H]1CCCN(C(=O)C2CCN(C(=O)c3cn(C)nc3-c3ccncc3)CC2)C1. The van der Waals surface area contributed by atoms with Crippen LogP contribution < -0.4 is 0 Å². The van der Waals surface area contributed by atoms with Crippen molar-refractivity contribution in [3.8, 4) is 11.3 Å². The molecule has 2 aliphatic heterocycles. The van der Waals surface area contributed by atoms with Crippen molar-refractivity contribution in [1.82, 2.24) is 24.6 Å². The Labute approximate surface area is 171 Å². The minimum absolute atomic E-state index is 0.0117. The van der Waals surface area contributed by atoms with Gasteiger partial charge in [0.15, 0.2) is 0 Å². The summed E-state index contributed by atoms with van der Waals surface area (Å²) in [6.45, 7) is 5.21. The van der Waals surface area contributed by atoms with Gasteiger partial charge in [-0.15, -0.1) is 0 Å². The van der Waals surface area contributed by atoms with Crippen LogP contribution in [0.2, 0.25) is 0 Å². The molecule has 2 aliphatic rings. The lowest BCUT2D eigenvalue weighted by Gasteiger charge is -2.37. The second-order valence-corrected chi connectivity index (χ2v) is 8.40. The molecule has 0 spiro atoms. The summed E-state index contributed by atoms with van der Waals surface area (Å²) in [6, 6.07) is 3.73. The first kappa shape index (κ1) is 19.6. The molecular weight excluding hydrogens is 366 g/mol. The van der Waals surface area contributed by atoms with Gasteiger partial charge in [0.05, 0.1) is 5.56 Å². The quantitative estimate of drug-likeness (QED) is 0.801. The summed E-state index contributed by atoms with van der Waals surface area (Å²) >= 11 is 0. The van der Waals surface area contributed by atoms with Crippen molar-refractivity contribution in [2.75, 3.05) is 26.2 Å². The van der Waals surface area contributed by atoms with Gasteiger partial charge in [-0.25, -0.2) is 0 Å². The number of aromatic nitrogens is 3. The van der Waals surface area contributed by atoms with E-state index in [1.165, 1.54) is 6.42 Å². The Morgan fingerprint density at radius 1 is 1.03 bits per heavy atom. The second-order valence-electron chi connectivity index (χ2n) is 8.40. The third-order valence-corrected chi connectivity index (χ3v) is 6.11. The largest absolute Gasteiger partial charge is 0.342 e. The third kappa shape index (κ3) is 4.18. The van der Waals surface area contributed by atoms with Crippen LogP contribution in [-0.2, 0) is 11.8 Å². The lowest BCUT2D eigenvalue weighted by Crippen LogP contribution is -2.47. The van der Waals surface area contributed by atoms with Crippen LogP contribution in [-0.4, -0.2) is 62.6 Å². The Morgan fingerprint density at radius 2 is 1.76 bits per heavy atom. The molecule has 0 unspecified atom stereocenters. The van der Waals surface area contributed by atoms with Gasteiger partial charge in [-0.3, -0.25) is 19.3 Å². The average Bonchev–Trinajstić information content (AvgIpc) is 3.15. The van der Waals surface area contributed by atoms with Crippen LogP contribution in [0.4, 0.5) is 0 Å². The summed E-state index contributed by atoms with van der Waals surface area (Å²) in [5, 5.41) is 4.49. The summed E-state index contributed by atoms with van der Waals surface area (Å²) in [4.78, 5) is 34.0. The van der Waals surface area contributed by atoms with Gasteiger partial charge in [0.2, 0.25) is 5.91 Å². The molecular formula is C22H29N5O2. The van der Waals surface area contributed by atoms with E-state index in [1.54, 1.807) is 23.3 Å². The number of amides is 2. The molecule has 0 saturated carbocycles. The van der Waals surface area contributed by atoms with Crippen LogP contribution in [0.15, 0.2) is 30.7 Å². The molecule has 2 aromatic rings. The molecule has 4 rings (SSSR count). The highest BCUT2D eigenvalue weighted by atomic mass is 16.2. The normalized spacial score (nSPS) is 20.7. The molecule has 0 bridgehead atoms. The number of carbonyl (C=O) groups is 2. The third-order valence-electron chi connectivity index (χ3n) is 6.11. The zero-order valence-electron chi connectivity index (χ0n) is 17.3. The molecule has 0 aliphatic carbocycles. The summed E-state index contributed by atoms with van der Waals surface area (Å²) in [7, 11) is 1.83. The van der Waals surface area contributed by atoms with Crippen molar-refractivity contribution in [1.29, 1.82) is 0 Å². The fourth-order valence-electron chi connectivity index (χ4n) is 4.52. The lowest BCUT2D eigenvalue weighted by atomic mass is 9.92. The fraction of sp³-hybridized carbons (Fsp3) is 0.545. The van der Waals surface area contributed by atoms with Gasteiger partial charge in [-0.2, -0.15) is 5.10 Å². The maximum Gasteiger partial charge on any atom is 0.257 e. The van der Waals surface area contributed by atoms with E-state index in [0.29, 0.717) is 30.3 Å². The van der Waals surface area contributed by atoms with Crippen molar-refractivity contribution in [3.63, 3.8) is 0 Å². The number of aryl methyl sites for hydroxylation is 1. The lowest BCUT2D eigenvalue weighted by molar-refractivity contribution is -0.138. The van der Waals surface area contributed by atoms with E-state index in [9.17, 15) is 9.59 Å². The van der Waals surface area contributed by atoms with Gasteiger partial charge in [0.25, 0.3) is 5.91 Å². The summed E-state index contributed by atoms with van der Waals surface area (Å²) < 4.78 is 1.68. The van der Waals surface area contributed by atoms with E-state index in [2.05, 4.69) is 17.0 Å². The first-order valence-corrected chi connectivity index (χ1v) is 10.5. The van der Waals surface area contributed by atoms with Crippen LogP contribution >= 0.6 is 0 Å². The van der Waals surface area contributed by atoms with Crippen LogP contribution in [0.5, 0.6) is 0 Å². The van der Waals surface area contributed by atoms with E-state index in [-0.39, 0.29) is 17.7 Å². The Kier molecular flexibility index (Phi) is 5.65. The number of piperidine rings is 2. The predicted molar refractivity (Wildman–Crippen MR) is 110 cm³/mol. The Balaban J connectivity index is 1.42. The highest BCUT2D eigenvalue weighted by molar-refractivity contribution is 6.00. The van der Waals surface area contributed by atoms with Crippen molar-refractivity contribution in [2.24, 2.45) is 18.9 Å². The van der Waals surface area contributed by atoms with Gasteiger partial charge < -0.3 is 9.80 Å². The van der Waals surface area contributed by atoms with Crippen molar-refractivity contribution < 1.29 is 9.59 Å². The standard InChI is InChI=1S/C22H29N5O2/c1-16-4-3-11-27(14-16)21(28)18-7-12-26(13-8-18)22(29)19-15-25(2)24-20(19)17-5-9-23-10-6-17/h5-6,9-10,15-16,18H,3-4,7-8,11-14H2,1-2H3/t16-/m0/s1. The maximum absolute atomic E-state index is 13.2. The molecule has 7 heteroatoms. The minimum Gasteiger partial charge on any atom is -0.342 e. The molecule has 2 fully saturated rings. The fourth-order valence-corrected chi connectivity index (χ4v) is 4.52. The van der Waals surface area contributed by atoms with E-state index in [0.717, 1.165) is 37.9 Å². The van der Waals surface area contributed by atoms with Gasteiger partial charge in [0, 0.05) is 63.3 Å². The van der Waals surface area contributed by atoms with Gasteiger partial charge >= 0.3 is 0 Å². The first-order chi connectivity index (χ1) is 14.0. The topological polar surface area (TPSA) is 71.3 Å². The summed E-state index contributed by atoms with van der Waals surface area (Å²) in [6.07, 6.45) is 8.98. The summed E-state index contributed by atoms with van der Waals surface area (Å²) in [5.74, 6) is 0.898. The Hall–Kier alpha value is -2.70. The zero-order chi connectivity index (χ0) is 20.4. The minimum atomic E-state index is -0.0117. The monoisotopic (exact) mass is 395 g/mol. The number of pyridine rings is 1. The van der Waals surface area contributed by atoms with E-state index >= 15 is 0 Å². The number of likely N-dealkylation sites (tertiary alicyclic amines) is 2. The number of rotatable bonds is 3. The highest BCUT2D eigenvalue weighted by Crippen LogP contribution is 2.27. The molecule has 2 saturated heterocycles. The van der Waals surface area contributed by atoms with E-state index in [4.69, 9.17) is 0 Å². The van der Waals surface area contributed by atoms with Crippen molar-refractivity contribution >= 4 is 11.8 Å². The Morgan fingerprint density at radius 3 is 2.45 bits per heavy atom. The first-order valence-electron chi connectivity index (χ1n) is 10.5. The average molecular weight is 396 g/mol. The smallest absolute Gasteiger partial charge is 0.257 e. The molecule has 2 aromatic heterocycles. The molecule has 2 amide bonds. The molecule has 29 heavy (non-hydrogen) atoms. The van der Waals surface area contributed by atoms with Crippen LogP contribution in [0, 0.1) is 11.8 Å². The molecule has 0 N–H and O–H groups in total. The van der Waals surface area contributed by atoms with Crippen molar-refractivity contribution in [3.05, 3.63) is 36.3 Å². The molecule has 7 nitrogen and oxygen atoms in total. The van der Waals surface area contributed by atoms with E-state index in [1.807, 2.05) is 29.0 Å². The van der Waals surface area contributed by atoms with Crippen LogP contribution in [0.3, 0.4) is 0 Å². The molecule has 0 aromatic carbocycles. The highest BCUT2D eigenvalue weighted by Gasteiger charge is 2.33. The predicted octanol–water partition coefficient (Wildman–Crippen LogP) is 2.59. The van der Waals surface area contributed by atoms with Crippen LogP contribution in [0.25, 0.3) is 11.3 Å². The number of hydrogen-bond acceptors (Lipinski definition) is 4. The Bertz CT molecular complexity index is 871. The second kappa shape index (κ2) is 8.35. The van der Waals surface area contributed by atoms with Gasteiger partial charge in [-0.05, 0) is 43.7 Å². The number of carbonyl (C=O) groups excluding carboxylic acids is 2. The number of nitrogens with zero attached hydrogens (tertiary/aromatic N) is 5. The van der Waals surface area contributed by atoms with Crippen molar-refractivity contribution in [2.45, 2.75) is 32.6 Å². The van der Waals surface area contributed by atoms with E-state index < -0.39 is 0 Å². The van der Waals surface area contributed by atoms with Gasteiger partial charge in [-0.1, -0.05) is 6.92 Å². The molecule has 4 heterocycles. The maximum atomic E-state index is 13.2.